The van der Waals surface area contributed by atoms with Crippen LogP contribution >= 0.6 is 11.3 Å². The monoisotopic (exact) mass is 369 g/mol. The van der Waals surface area contributed by atoms with E-state index in [0.29, 0.717) is 5.95 Å². The van der Waals surface area contributed by atoms with Gasteiger partial charge in [0.25, 0.3) is 0 Å². The highest BCUT2D eigenvalue weighted by Gasteiger charge is 2.21. The maximum Gasteiger partial charge on any atom is 0.222 e. The summed E-state index contributed by atoms with van der Waals surface area (Å²) in [5.74, 6) is 1.77. The molecular weight excluding hydrogens is 346 g/mol. The van der Waals surface area contributed by atoms with Crippen molar-refractivity contribution >= 4 is 33.3 Å². The van der Waals surface area contributed by atoms with E-state index in [1.807, 2.05) is 19.3 Å². The zero-order chi connectivity index (χ0) is 17.9. The van der Waals surface area contributed by atoms with Crippen LogP contribution in [0.5, 0.6) is 0 Å². The van der Waals surface area contributed by atoms with Crippen molar-refractivity contribution in [2.24, 2.45) is 0 Å². The van der Waals surface area contributed by atoms with Crippen molar-refractivity contribution in [2.45, 2.75) is 20.4 Å². The Morgan fingerprint density at radius 2 is 1.85 bits per heavy atom. The van der Waals surface area contributed by atoms with E-state index in [-0.39, 0.29) is 0 Å². The Hall–Kier alpha value is -2.32. The summed E-state index contributed by atoms with van der Waals surface area (Å²) >= 11 is 1.69. The topological polar surface area (TPSA) is 70.1 Å². The molecule has 4 heterocycles. The largest absolute Gasteiger partial charge is 0.355 e. The number of rotatable bonds is 5. The van der Waals surface area contributed by atoms with Gasteiger partial charge in [0.2, 0.25) is 5.95 Å². The summed E-state index contributed by atoms with van der Waals surface area (Å²) in [5, 5.41) is 6.50. The van der Waals surface area contributed by atoms with Gasteiger partial charge in [-0.15, -0.1) is 11.3 Å². The van der Waals surface area contributed by atoms with Gasteiger partial charge in [0.15, 0.2) is 0 Å². The quantitative estimate of drug-likeness (QED) is 0.741. The second-order valence-corrected chi connectivity index (χ2v) is 7.36. The van der Waals surface area contributed by atoms with Gasteiger partial charge in [-0.3, -0.25) is 4.90 Å². The number of hydrogen-bond donors (Lipinski definition) is 1. The van der Waals surface area contributed by atoms with Crippen LogP contribution in [0.15, 0.2) is 24.1 Å². The summed E-state index contributed by atoms with van der Waals surface area (Å²) in [6.45, 7) is 9.85. The molecule has 1 N–H and O–H groups in total. The van der Waals surface area contributed by atoms with Gasteiger partial charge >= 0.3 is 0 Å². The van der Waals surface area contributed by atoms with Crippen LogP contribution in [0.2, 0.25) is 0 Å². The van der Waals surface area contributed by atoms with Crippen LogP contribution in [0.3, 0.4) is 0 Å². The molecule has 136 valence electrons. The van der Waals surface area contributed by atoms with E-state index < -0.39 is 0 Å². The lowest BCUT2D eigenvalue weighted by Gasteiger charge is -2.35. The molecule has 8 heteroatoms. The first-order chi connectivity index (χ1) is 12.7. The Morgan fingerprint density at radius 1 is 1.08 bits per heavy atom. The number of aromatic nitrogens is 4. The highest BCUT2D eigenvalue weighted by molar-refractivity contribution is 7.17. The molecule has 0 saturated carbocycles. The molecule has 0 spiro atoms. The fourth-order valence-corrected chi connectivity index (χ4v) is 4.18. The first kappa shape index (κ1) is 17.1. The first-order valence-corrected chi connectivity index (χ1v) is 9.83. The molecule has 0 bridgehead atoms. The molecule has 1 aliphatic rings. The molecule has 0 atom stereocenters. The molecule has 0 radical (unpaired) electrons. The Kier molecular flexibility index (Phi) is 4.94. The second kappa shape index (κ2) is 7.51. The van der Waals surface area contributed by atoms with Crippen molar-refractivity contribution in [3.05, 3.63) is 35.2 Å². The minimum absolute atomic E-state index is 0.694. The summed E-state index contributed by atoms with van der Waals surface area (Å²) in [6, 6.07) is 0. The Labute approximate surface area is 157 Å². The van der Waals surface area contributed by atoms with Crippen molar-refractivity contribution in [1.82, 2.24) is 24.8 Å². The van der Waals surface area contributed by atoms with Crippen molar-refractivity contribution < 1.29 is 0 Å². The molecule has 0 unspecified atom stereocenters. The predicted molar refractivity (Wildman–Crippen MR) is 106 cm³/mol. The van der Waals surface area contributed by atoms with E-state index in [1.165, 1.54) is 10.9 Å². The number of aryl methyl sites for hydroxylation is 1. The van der Waals surface area contributed by atoms with E-state index in [1.54, 1.807) is 17.7 Å². The number of nitrogens with zero attached hydrogens (tertiary/aromatic N) is 6. The van der Waals surface area contributed by atoms with Crippen LogP contribution in [0.25, 0.3) is 10.2 Å². The standard InChI is InChI=1S/C18H23N7S/c1-3-19-18-20-8-14(9-21-18)10-24-4-6-25(7-5-24)16-15-13(2)11-26-17(15)23-12-22-16/h8-9,11-12H,3-7,10H2,1-2H3,(H,19,20,21). The van der Waals surface area contributed by atoms with Crippen molar-refractivity contribution in [3.8, 4) is 0 Å². The van der Waals surface area contributed by atoms with Crippen molar-refractivity contribution in [3.63, 3.8) is 0 Å². The lowest BCUT2D eigenvalue weighted by atomic mass is 10.2. The molecule has 0 amide bonds. The van der Waals surface area contributed by atoms with Gasteiger partial charge in [0.1, 0.15) is 17.0 Å². The average molecular weight is 369 g/mol. The number of hydrogen-bond acceptors (Lipinski definition) is 8. The molecule has 1 fully saturated rings. The molecular formula is C18H23N7S. The van der Waals surface area contributed by atoms with Gasteiger partial charge < -0.3 is 10.2 Å². The SMILES string of the molecule is CCNc1ncc(CN2CCN(c3ncnc4scc(C)c34)CC2)cn1. The Bertz CT molecular complexity index is 869. The van der Waals surface area contributed by atoms with E-state index in [9.17, 15) is 0 Å². The molecule has 0 aliphatic carbocycles. The van der Waals surface area contributed by atoms with Gasteiger partial charge in [-0.1, -0.05) is 0 Å². The third-order valence-electron chi connectivity index (χ3n) is 4.65. The summed E-state index contributed by atoms with van der Waals surface area (Å²) in [5.41, 5.74) is 2.42. The third-order valence-corrected chi connectivity index (χ3v) is 5.66. The maximum absolute atomic E-state index is 4.58. The molecule has 3 aromatic rings. The molecule has 1 saturated heterocycles. The molecule has 7 nitrogen and oxygen atoms in total. The van der Waals surface area contributed by atoms with Crippen LogP contribution in [0, 0.1) is 6.92 Å². The van der Waals surface area contributed by atoms with Crippen molar-refractivity contribution in [1.29, 1.82) is 0 Å². The fourth-order valence-electron chi connectivity index (χ4n) is 3.30. The molecule has 1 aliphatic heterocycles. The fraction of sp³-hybridized carbons (Fsp3) is 0.444. The number of piperazine rings is 1. The normalized spacial score (nSPS) is 15.5. The smallest absolute Gasteiger partial charge is 0.222 e. The van der Waals surface area contributed by atoms with E-state index in [2.05, 4.69) is 47.4 Å². The number of thiophene rings is 1. The Morgan fingerprint density at radius 3 is 2.58 bits per heavy atom. The minimum atomic E-state index is 0.694. The highest BCUT2D eigenvalue weighted by Crippen LogP contribution is 2.31. The number of fused-ring (bicyclic) bond motifs is 1. The van der Waals surface area contributed by atoms with Crippen LogP contribution in [-0.4, -0.2) is 57.6 Å². The minimum Gasteiger partial charge on any atom is -0.355 e. The molecule has 0 aromatic carbocycles. The lowest BCUT2D eigenvalue weighted by molar-refractivity contribution is 0.249. The second-order valence-electron chi connectivity index (χ2n) is 6.50. The van der Waals surface area contributed by atoms with Gasteiger partial charge in [0, 0.05) is 57.2 Å². The number of nitrogens with one attached hydrogen (secondary N) is 1. The summed E-state index contributed by atoms with van der Waals surface area (Å²) in [7, 11) is 0. The molecule has 3 aromatic heterocycles. The van der Waals surface area contributed by atoms with Crippen LogP contribution in [0.4, 0.5) is 11.8 Å². The van der Waals surface area contributed by atoms with E-state index in [0.717, 1.165) is 55.5 Å². The van der Waals surface area contributed by atoms with Gasteiger partial charge in [-0.05, 0) is 24.8 Å². The third kappa shape index (κ3) is 3.47. The molecule has 4 rings (SSSR count). The van der Waals surface area contributed by atoms with E-state index in [4.69, 9.17) is 0 Å². The number of anilines is 2. The van der Waals surface area contributed by atoms with E-state index >= 15 is 0 Å². The summed E-state index contributed by atoms with van der Waals surface area (Å²) in [4.78, 5) is 23.6. The van der Waals surface area contributed by atoms with Crippen molar-refractivity contribution in [2.75, 3.05) is 42.9 Å². The summed E-state index contributed by atoms with van der Waals surface area (Å²) < 4.78 is 0. The average Bonchev–Trinajstić information content (AvgIpc) is 3.06. The van der Waals surface area contributed by atoms with Crippen LogP contribution in [-0.2, 0) is 6.54 Å². The van der Waals surface area contributed by atoms with Gasteiger partial charge in [-0.25, -0.2) is 19.9 Å². The Balaban J connectivity index is 1.40. The predicted octanol–water partition coefficient (Wildman–Crippen LogP) is 2.54. The van der Waals surface area contributed by atoms with Crippen LogP contribution in [0.1, 0.15) is 18.1 Å². The summed E-state index contributed by atoms with van der Waals surface area (Å²) in [6.07, 6.45) is 5.52. The first-order valence-electron chi connectivity index (χ1n) is 8.95. The highest BCUT2D eigenvalue weighted by atomic mass is 32.1. The molecule has 26 heavy (non-hydrogen) atoms. The van der Waals surface area contributed by atoms with Gasteiger partial charge in [0.05, 0.1) is 5.39 Å². The maximum atomic E-state index is 4.58. The van der Waals surface area contributed by atoms with Gasteiger partial charge in [-0.2, -0.15) is 0 Å². The zero-order valence-corrected chi connectivity index (χ0v) is 16.0. The zero-order valence-electron chi connectivity index (χ0n) is 15.1. The van der Waals surface area contributed by atoms with Crippen LogP contribution < -0.4 is 10.2 Å². The lowest BCUT2D eigenvalue weighted by Crippen LogP contribution is -2.46.